The van der Waals surface area contributed by atoms with Gasteiger partial charge in [-0.15, -0.1) is 0 Å². The molecule has 12 heteroatoms. The minimum absolute atomic E-state index is 0.160. The maximum atomic E-state index is 11.8. The van der Waals surface area contributed by atoms with E-state index in [1.165, 1.54) is 12.3 Å². The summed E-state index contributed by atoms with van der Waals surface area (Å²) >= 11 is 5.78. The number of hydrazone groups is 1. The lowest BCUT2D eigenvalue weighted by Gasteiger charge is -2.07. The van der Waals surface area contributed by atoms with Crippen molar-refractivity contribution in [2.45, 2.75) is 0 Å². The molecule has 1 amide bonds. The summed E-state index contributed by atoms with van der Waals surface area (Å²) < 4.78 is 10.8. The van der Waals surface area contributed by atoms with Crippen LogP contribution in [0.4, 0.5) is 11.4 Å². The van der Waals surface area contributed by atoms with Crippen LogP contribution in [0.3, 0.4) is 0 Å². The van der Waals surface area contributed by atoms with Crippen LogP contribution in [0.1, 0.15) is 5.56 Å². The molecule has 0 saturated heterocycles. The van der Waals surface area contributed by atoms with Crippen molar-refractivity contribution in [3.63, 3.8) is 0 Å². The van der Waals surface area contributed by atoms with Gasteiger partial charge in [0.1, 0.15) is 11.5 Å². The van der Waals surface area contributed by atoms with E-state index in [9.17, 15) is 25.0 Å². The molecule has 1 N–H and O–H groups in total. The fourth-order valence-corrected chi connectivity index (χ4v) is 2.65. The SMILES string of the molecule is O=C(COc1ccc(Cl)cc1)NN=Cc1cccc(Oc2ccc([N+](=O)[O-])cc2[N+](=O)[O-])c1. The lowest BCUT2D eigenvalue weighted by atomic mass is 10.2. The van der Waals surface area contributed by atoms with Gasteiger partial charge in [-0.1, -0.05) is 23.7 Å². The molecule has 0 radical (unpaired) electrons. The fourth-order valence-electron chi connectivity index (χ4n) is 2.52. The smallest absolute Gasteiger partial charge is 0.318 e. The predicted octanol–water partition coefficient (Wildman–Crippen LogP) is 4.48. The number of nitro benzene ring substituents is 2. The molecule has 0 fully saturated rings. The number of rotatable bonds is 9. The third kappa shape index (κ3) is 6.74. The van der Waals surface area contributed by atoms with Gasteiger partial charge in [0, 0.05) is 11.1 Å². The molecule has 0 aliphatic heterocycles. The average Bonchev–Trinajstić information content (AvgIpc) is 2.79. The third-order valence-corrected chi connectivity index (χ3v) is 4.27. The number of ether oxygens (including phenoxy) is 2. The van der Waals surface area contributed by atoms with Crippen LogP contribution in [-0.4, -0.2) is 28.6 Å². The Morgan fingerprint density at radius 3 is 2.45 bits per heavy atom. The summed E-state index contributed by atoms with van der Waals surface area (Å²) in [4.78, 5) is 32.4. The number of hydrogen-bond acceptors (Lipinski definition) is 8. The Hall–Kier alpha value is -4.51. The summed E-state index contributed by atoms with van der Waals surface area (Å²) in [7, 11) is 0. The maximum Gasteiger partial charge on any atom is 0.318 e. The van der Waals surface area contributed by atoms with Crippen LogP contribution < -0.4 is 14.9 Å². The first kappa shape index (κ1) is 23.2. The van der Waals surface area contributed by atoms with Gasteiger partial charge in [0.15, 0.2) is 6.61 Å². The minimum Gasteiger partial charge on any atom is -0.484 e. The fraction of sp³-hybridized carbons (Fsp3) is 0.0476. The molecule has 0 bridgehead atoms. The Bertz CT molecular complexity index is 1220. The first-order chi connectivity index (χ1) is 15.8. The highest BCUT2D eigenvalue weighted by Gasteiger charge is 2.21. The molecule has 0 heterocycles. The summed E-state index contributed by atoms with van der Waals surface area (Å²) in [5.74, 6) is 0.0551. The van der Waals surface area contributed by atoms with Crippen molar-refractivity contribution in [1.82, 2.24) is 5.43 Å². The van der Waals surface area contributed by atoms with Crippen molar-refractivity contribution in [2.75, 3.05) is 6.61 Å². The lowest BCUT2D eigenvalue weighted by molar-refractivity contribution is -0.394. The van der Waals surface area contributed by atoms with Gasteiger partial charge in [0.2, 0.25) is 5.75 Å². The molecule has 33 heavy (non-hydrogen) atoms. The Kier molecular flexibility index (Phi) is 7.50. The highest BCUT2D eigenvalue weighted by atomic mass is 35.5. The second-order valence-electron chi connectivity index (χ2n) is 6.38. The highest BCUT2D eigenvalue weighted by molar-refractivity contribution is 6.30. The Balaban J connectivity index is 1.61. The molecule has 0 aliphatic rings. The minimum atomic E-state index is -0.769. The van der Waals surface area contributed by atoms with Gasteiger partial charge in [-0.25, -0.2) is 5.43 Å². The van der Waals surface area contributed by atoms with Gasteiger partial charge >= 0.3 is 5.69 Å². The first-order valence-electron chi connectivity index (χ1n) is 9.23. The van der Waals surface area contributed by atoms with E-state index in [0.717, 1.165) is 18.2 Å². The maximum absolute atomic E-state index is 11.8. The topological polar surface area (TPSA) is 146 Å². The number of carbonyl (C=O) groups excluding carboxylic acids is 1. The van der Waals surface area contributed by atoms with Crippen molar-refractivity contribution < 1.29 is 24.1 Å². The Morgan fingerprint density at radius 1 is 1.00 bits per heavy atom. The number of non-ortho nitro benzene ring substituents is 1. The standard InChI is InChI=1S/C21H15ClN4O7/c22-15-4-7-17(8-5-15)32-13-21(27)24-23-12-14-2-1-3-18(10-14)33-20-9-6-16(25(28)29)11-19(20)26(30)31/h1-12H,13H2,(H,24,27). The largest absolute Gasteiger partial charge is 0.484 e. The summed E-state index contributed by atoms with van der Waals surface area (Å²) in [5.41, 5.74) is 1.86. The van der Waals surface area contributed by atoms with E-state index in [4.69, 9.17) is 21.1 Å². The van der Waals surface area contributed by atoms with Gasteiger partial charge < -0.3 is 9.47 Å². The second-order valence-corrected chi connectivity index (χ2v) is 6.81. The molecule has 3 aromatic carbocycles. The molecule has 0 unspecified atom stereocenters. The molecule has 0 aliphatic carbocycles. The van der Waals surface area contributed by atoms with Crippen molar-refractivity contribution in [3.05, 3.63) is 97.5 Å². The zero-order valence-corrected chi connectivity index (χ0v) is 17.5. The van der Waals surface area contributed by atoms with E-state index in [1.807, 2.05) is 0 Å². The zero-order chi connectivity index (χ0) is 23.8. The molecule has 0 saturated carbocycles. The number of carbonyl (C=O) groups is 1. The van der Waals surface area contributed by atoms with E-state index in [2.05, 4.69) is 10.5 Å². The molecule has 11 nitrogen and oxygen atoms in total. The number of benzene rings is 3. The van der Waals surface area contributed by atoms with Gasteiger partial charge in [0.05, 0.1) is 22.1 Å². The van der Waals surface area contributed by atoms with Crippen molar-refractivity contribution in [2.24, 2.45) is 5.10 Å². The summed E-state index contributed by atoms with van der Waals surface area (Å²) in [6.07, 6.45) is 1.34. The van der Waals surface area contributed by atoms with E-state index in [1.54, 1.807) is 42.5 Å². The summed E-state index contributed by atoms with van der Waals surface area (Å²) in [6, 6.07) is 15.9. The molecule has 3 rings (SSSR count). The van der Waals surface area contributed by atoms with Gasteiger partial charge in [-0.3, -0.25) is 25.0 Å². The van der Waals surface area contributed by atoms with Crippen LogP contribution in [0.5, 0.6) is 17.2 Å². The van der Waals surface area contributed by atoms with Crippen molar-refractivity contribution in [1.29, 1.82) is 0 Å². The number of nitrogens with one attached hydrogen (secondary N) is 1. The van der Waals surface area contributed by atoms with Crippen molar-refractivity contribution in [3.8, 4) is 17.2 Å². The number of hydrogen-bond donors (Lipinski definition) is 1. The molecule has 168 valence electrons. The molecule has 0 aromatic heterocycles. The lowest BCUT2D eigenvalue weighted by Crippen LogP contribution is -2.24. The quantitative estimate of drug-likeness (QED) is 0.275. The van der Waals surface area contributed by atoms with E-state index in [-0.39, 0.29) is 18.1 Å². The number of nitrogens with zero attached hydrogens (tertiary/aromatic N) is 3. The monoisotopic (exact) mass is 470 g/mol. The summed E-state index contributed by atoms with van der Waals surface area (Å²) in [5, 5.41) is 26.5. The number of halogens is 1. The molecule has 0 spiro atoms. The van der Waals surface area contributed by atoms with Gasteiger partial charge in [-0.05, 0) is 48.0 Å². The summed E-state index contributed by atoms with van der Waals surface area (Å²) in [6.45, 7) is -0.258. The van der Waals surface area contributed by atoms with Crippen LogP contribution in [-0.2, 0) is 4.79 Å². The molecule has 3 aromatic rings. The molecular weight excluding hydrogens is 456 g/mol. The van der Waals surface area contributed by atoms with E-state index < -0.39 is 27.1 Å². The first-order valence-corrected chi connectivity index (χ1v) is 9.60. The van der Waals surface area contributed by atoms with E-state index in [0.29, 0.717) is 16.3 Å². The van der Waals surface area contributed by atoms with Crippen LogP contribution in [0, 0.1) is 20.2 Å². The Labute approximate surface area is 191 Å². The number of amides is 1. The van der Waals surface area contributed by atoms with Crippen molar-refractivity contribution >= 4 is 35.1 Å². The number of nitro groups is 2. The van der Waals surface area contributed by atoms with Crippen LogP contribution in [0.2, 0.25) is 5.02 Å². The normalized spacial score (nSPS) is 10.6. The second kappa shape index (κ2) is 10.7. The van der Waals surface area contributed by atoms with Crippen LogP contribution >= 0.6 is 11.6 Å². The van der Waals surface area contributed by atoms with Crippen LogP contribution in [0.25, 0.3) is 0 Å². The average molecular weight is 471 g/mol. The highest BCUT2D eigenvalue weighted by Crippen LogP contribution is 2.34. The van der Waals surface area contributed by atoms with Gasteiger partial charge in [-0.2, -0.15) is 5.10 Å². The van der Waals surface area contributed by atoms with Crippen LogP contribution in [0.15, 0.2) is 71.8 Å². The molecular formula is C21H15ClN4O7. The third-order valence-electron chi connectivity index (χ3n) is 4.02. The Morgan fingerprint density at radius 2 is 1.76 bits per heavy atom. The predicted molar refractivity (Wildman–Crippen MR) is 119 cm³/mol. The molecule has 0 atom stereocenters. The van der Waals surface area contributed by atoms with Gasteiger partial charge in [0.25, 0.3) is 11.6 Å². The van der Waals surface area contributed by atoms with E-state index >= 15 is 0 Å². The zero-order valence-electron chi connectivity index (χ0n) is 16.7.